The molecule has 4 aromatic carbocycles. The van der Waals surface area contributed by atoms with Crippen molar-refractivity contribution >= 4 is 58.6 Å². The molecule has 1 saturated carbocycles. The van der Waals surface area contributed by atoms with E-state index in [1.54, 1.807) is 60.7 Å². The maximum Gasteiger partial charge on any atom is 0.422 e. The van der Waals surface area contributed by atoms with Crippen LogP contribution in [0.3, 0.4) is 0 Å². The number of anilines is 4. The number of ether oxygens (including phenoxy) is 2. The Morgan fingerprint density at radius 2 is 1.44 bits per heavy atom. The molecule has 3 amide bonds. The largest absolute Gasteiger partial charge is 0.467 e. The lowest BCUT2D eigenvalue weighted by molar-refractivity contribution is -0.154. The van der Waals surface area contributed by atoms with E-state index < -0.39 is 60.6 Å². The zero-order chi connectivity index (χ0) is 42.2. The van der Waals surface area contributed by atoms with Gasteiger partial charge in [0.05, 0.1) is 24.3 Å². The van der Waals surface area contributed by atoms with Gasteiger partial charge in [-0.3, -0.25) is 14.4 Å². The molecule has 0 spiro atoms. The third kappa shape index (κ3) is 11.2. The first kappa shape index (κ1) is 41.4. The number of halogens is 4. The second kappa shape index (κ2) is 17.9. The molecule has 0 radical (unpaired) electrons. The number of hydrogen-bond donors (Lipinski definition) is 5. The Hall–Kier alpha value is -7.26. The molecule has 1 heterocycles. The lowest BCUT2D eigenvalue weighted by Gasteiger charge is -2.19. The summed E-state index contributed by atoms with van der Waals surface area (Å²) in [5.41, 5.74) is 3.20. The molecule has 1 aliphatic carbocycles. The number of nitriles is 1. The molecule has 0 unspecified atom stereocenters. The summed E-state index contributed by atoms with van der Waals surface area (Å²) in [6.45, 7) is -2.13. The molecule has 5 N–H and O–H groups in total. The summed E-state index contributed by atoms with van der Waals surface area (Å²) >= 11 is 6.03. The van der Waals surface area contributed by atoms with Crippen LogP contribution >= 0.6 is 11.6 Å². The molecular formula is C40H33ClF3N9O6. The molecule has 59 heavy (non-hydrogen) atoms. The van der Waals surface area contributed by atoms with Gasteiger partial charge in [0.25, 0.3) is 5.91 Å². The van der Waals surface area contributed by atoms with Crippen molar-refractivity contribution in [3.8, 4) is 23.2 Å². The molecule has 5 aromatic rings. The van der Waals surface area contributed by atoms with Crippen LogP contribution in [0.25, 0.3) is 11.1 Å². The predicted octanol–water partition coefficient (Wildman–Crippen LogP) is 5.88. The Morgan fingerprint density at radius 3 is 2.03 bits per heavy atom. The zero-order valence-electron chi connectivity index (χ0n) is 30.9. The van der Waals surface area contributed by atoms with Gasteiger partial charge in [0.15, 0.2) is 6.61 Å². The molecule has 1 aliphatic rings. The number of benzene rings is 4. The molecule has 0 bridgehead atoms. The fourth-order valence-electron chi connectivity index (χ4n) is 5.63. The van der Waals surface area contributed by atoms with Crippen molar-refractivity contribution in [3.05, 3.63) is 119 Å². The highest BCUT2D eigenvalue weighted by Gasteiger charge is 2.45. The van der Waals surface area contributed by atoms with Gasteiger partial charge >= 0.3 is 30.0 Å². The van der Waals surface area contributed by atoms with Crippen molar-refractivity contribution in [2.45, 2.75) is 30.6 Å². The van der Waals surface area contributed by atoms with E-state index in [9.17, 15) is 32.3 Å². The number of nitrogens with one attached hydrogen (secondary N) is 5. The molecule has 6 rings (SSSR count). The average molecular weight is 828 g/mol. The predicted molar refractivity (Wildman–Crippen MR) is 209 cm³/mol. The number of hydrogen-bond acceptors (Lipinski definition) is 12. The quantitative estimate of drug-likeness (QED) is 0.0657. The van der Waals surface area contributed by atoms with Gasteiger partial charge in [-0.25, -0.2) is 4.79 Å². The van der Waals surface area contributed by atoms with E-state index in [4.69, 9.17) is 26.3 Å². The summed E-state index contributed by atoms with van der Waals surface area (Å²) in [6, 6.07) is 26.4. The number of esters is 1. The topological polar surface area (TPSA) is 209 Å². The third-order valence-corrected chi connectivity index (χ3v) is 9.09. The first-order valence-corrected chi connectivity index (χ1v) is 18.1. The minimum atomic E-state index is -4.65. The highest BCUT2D eigenvalue weighted by Crippen LogP contribution is 2.48. The van der Waals surface area contributed by atoms with Gasteiger partial charge in [-0.1, -0.05) is 48.0 Å². The molecular weight excluding hydrogens is 795 g/mol. The summed E-state index contributed by atoms with van der Waals surface area (Å²) in [5, 5.41) is 22.8. The van der Waals surface area contributed by atoms with E-state index >= 15 is 0 Å². The van der Waals surface area contributed by atoms with Gasteiger partial charge in [0, 0.05) is 28.5 Å². The lowest BCUT2D eigenvalue weighted by Crippen LogP contribution is -2.50. The Labute approximate surface area is 339 Å². The lowest BCUT2D eigenvalue weighted by atomic mass is 10.0. The van der Waals surface area contributed by atoms with Crippen LogP contribution in [0.4, 0.5) is 36.4 Å². The van der Waals surface area contributed by atoms with Crippen molar-refractivity contribution < 1.29 is 41.8 Å². The molecule has 19 heteroatoms. The summed E-state index contributed by atoms with van der Waals surface area (Å²) in [5.74, 6) is -3.95. The van der Waals surface area contributed by atoms with E-state index in [0.717, 1.165) is 23.8 Å². The van der Waals surface area contributed by atoms with Crippen LogP contribution in [-0.4, -0.2) is 71.1 Å². The average Bonchev–Trinajstić information content (AvgIpc) is 4.01. The molecule has 0 aliphatic heterocycles. The van der Waals surface area contributed by atoms with Crippen molar-refractivity contribution in [3.63, 3.8) is 0 Å². The van der Waals surface area contributed by atoms with Gasteiger partial charge in [0.2, 0.25) is 11.9 Å². The van der Waals surface area contributed by atoms with Crippen molar-refractivity contribution in [1.82, 2.24) is 25.6 Å². The summed E-state index contributed by atoms with van der Waals surface area (Å²) in [7, 11) is 1.09. The van der Waals surface area contributed by atoms with Crippen molar-refractivity contribution in [2.75, 3.05) is 36.2 Å². The highest BCUT2D eigenvalue weighted by atomic mass is 35.5. The number of carbonyl (C=O) groups is 4. The molecule has 0 saturated heterocycles. The van der Waals surface area contributed by atoms with Gasteiger partial charge in [0.1, 0.15) is 6.04 Å². The maximum absolute atomic E-state index is 13.1. The van der Waals surface area contributed by atoms with Crippen molar-refractivity contribution in [2.24, 2.45) is 0 Å². The smallest absolute Gasteiger partial charge is 0.422 e. The minimum Gasteiger partial charge on any atom is -0.467 e. The van der Waals surface area contributed by atoms with Gasteiger partial charge < -0.3 is 36.1 Å². The van der Waals surface area contributed by atoms with Gasteiger partial charge in [-0.05, 0) is 90.2 Å². The van der Waals surface area contributed by atoms with Crippen LogP contribution in [0.2, 0.25) is 5.02 Å². The van der Waals surface area contributed by atoms with E-state index in [0.29, 0.717) is 34.8 Å². The van der Waals surface area contributed by atoms with Crippen LogP contribution in [0, 0.1) is 11.3 Å². The molecule has 1 fully saturated rings. The Morgan fingerprint density at radius 1 is 0.831 bits per heavy atom. The first-order valence-electron chi connectivity index (χ1n) is 17.7. The number of nitrogens with zero attached hydrogens (tertiary/aromatic N) is 4. The maximum atomic E-state index is 13.1. The van der Waals surface area contributed by atoms with E-state index in [1.807, 2.05) is 18.2 Å². The summed E-state index contributed by atoms with van der Waals surface area (Å²) in [4.78, 5) is 63.2. The number of rotatable bonds is 14. The van der Waals surface area contributed by atoms with Crippen LogP contribution in [0.1, 0.15) is 34.3 Å². The van der Waals surface area contributed by atoms with Gasteiger partial charge in [-0.15, -0.1) is 0 Å². The molecule has 1 aromatic heterocycles. The third-order valence-electron chi connectivity index (χ3n) is 8.84. The second-order valence-electron chi connectivity index (χ2n) is 13.1. The SMILES string of the molecule is COC(=O)[C@H](CNC(=O)C(=O)Nc1ccc(-c2ccc(C#N)cc2)cc1)NC(=O)c1ccc(Nc2nc(NC3(c4ccc(Cl)cc4)CC3)nc(OCC(F)(F)F)n2)cc1. The summed E-state index contributed by atoms with van der Waals surface area (Å²) in [6.07, 6.45) is -3.26. The zero-order valence-corrected chi connectivity index (χ0v) is 31.6. The molecule has 1 atom stereocenters. The number of carbonyl (C=O) groups excluding carboxylic acids is 4. The summed E-state index contributed by atoms with van der Waals surface area (Å²) < 4.78 is 48.6. The normalized spacial score (nSPS) is 13.2. The second-order valence-corrected chi connectivity index (χ2v) is 13.5. The molecule has 15 nitrogen and oxygen atoms in total. The minimum absolute atomic E-state index is 0.0451. The highest BCUT2D eigenvalue weighted by molar-refractivity contribution is 6.39. The van der Waals surface area contributed by atoms with Crippen molar-refractivity contribution in [1.29, 1.82) is 5.26 Å². The first-order chi connectivity index (χ1) is 28.2. The number of methoxy groups -OCH3 is 1. The standard InChI is InChI=1S/C40H33ClF3N9O6/c1-58-35(57)31(21-46-33(55)34(56)47-29-14-6-25(7-15-29)24-4-2-23(20-45)3-5-24)49-32(54)26-8-16-30(17-9-26)48-36-50-37(52-38(51-36)59-22-40(42,43)44)53-39(18-19-39)27-10-12-28(41)13-11-27/h2-17,31H,18-19,21-22H2,1H3,(H,46,55)(H,47,56)(H,49,54)(H2,48,50,51,52,53)/t31-/m0/s1. The number of amides is 3. The van der Waals surface area contributed by atoms with Crippen LogP contribution in [0.15, 0.2) is 97.1 Å². The fourth-order valence-corrected chi connectivity index (χ4v) is 5.76. The number of aromatic nitrogens is 3. The Bertz CT molecular complexity index is 2370. The Balaban J connectivity index is 1.06. The monoisotopic (exact) mass is 827 g/mol. The van der Waals surface area contributed by atoms with E-state index in [2.05, 4.69) is 41.5 Å². The van der Waals surface area contributed by atoms with E-state index in [-0.39, 0.29) is 17.5 Å². The molecule has 302 valence electrons. The Kier molecular flexibility index (Phi) is 12.6. The fraction of sp³-hybridized carbons (Fsp3) is 0.200. The van der Waals surface area contributed by atoms with E-state index in [1.165, 1.54) is 24.3 Å². The van der Waals surface area contributed by atoms with Crippen LogP contribution in [0.5, 0.6) is 6.01 Å². The van der Waals surface area contributed by atoms with Crippen LogP contribution in [-0.2, 0) is 24.7 Å². The van der Waals surface area contributed by atoms with Gasteiger partial charge in [-0.2, -0.15) is 33.4 Å². The number of alkyl halides is 3. The van der Waals surface area contributed by atoms with Crippen LogP contribution < -0.4 is 31.3 Å².